The van der Waals surface area contributed by atoms with E-state index >= 15 is 0 Å². The van der Waals surface area contributed by atoms with Crippen LogP contribution in [0, 0.1) is 5.41 Å². The van der Waals surface area contributed by atoms with Crippen molar-refractivity contribution in [3.63, 3.8) is 0 Å². The number of allylic oxidation sites excluding steroid dienone is 4. The van der Waals surface area contributed by atoms with Crippen LogP contribution in [0.5, 0.6) is 0 Å². The van der Waals surface area contributed by atoms with Gasteiger partial charge >= 0.3 is 0 Å². The van der Waals surface area contributed by atoms with Crippen LogP contribution in [-0.2, 0) is 0 Å². The fraction of sp³-hybridized carbons (Fsp3) is 0.636. The smallest absolute Gasteiger partial charge is 0.0696 e. The zero-order valence-electron chi connectivity index (χ0n) is 7.89. The van der Waals surface area contributed by atoms with Crippen molar-refractivity contribution in [1.29, 1.82) is 0 Å². The van der Waals surface area contributed by atoms with Crippen LogP contribution in [0.3, 0.4) is 0 Å². The summed E-state index contributed by atoms with van der Waals surface area (Å²) in [4.78, 5) is 0. The van der Waals surface area contributed by atoms with E-state index in [1.165, 1.54) is 6.42 Å². The minimum Gasteiger partial charge on any atom is -0.114 e. The van der Waals surface area contributed by atoms with Gasteiger partial charge in [-0.1, -0.05) is 44.6 Å². The summed E-state index contributed by atoms with van der Waals surface area (Å²) in [5.41, 5.74) is 0.448. The average molecular weight is 185 g/mol. The van der Waals surface area contributed by atoms with Crippen LogP contribution < -0.4 is 0 Å². The number of alkyl halides is 1. The Morgan fingerprint density at radius 2 is 1.83 bits per heavy atom. The molecular formula is C11H17Cl. The Labute approximate surface area is 80.3 Å². The van der Waals surface area contributed by atoms with Gasteiger partial charge in [0, 0.05) is 0 Å². The van der Waals surface area contributed by atoms with Crippen LogP contribution in [0.1, 0.15) is 33.1 Å². The maximum atomic E-state index is 5.96. The Morgan fingerprint density at radius 1 is 1.33 bits per heavy atom. The van der Waals surface area contributed by atoms with Gasteiger partial charge in [0.25, 0.3) is 0 Å². The van der Waals surface area contributed by atoms with Gasteiger partial charge in [-0.3, -0.25) is 0 Å². The molecule has 0 unspecified atom stereocenters. The molecule has 0 saturated carbocycles. The molecule has 0 aromatic rings. The van der Waals surface area contributed by atoms with Gasteiger partial charge in [-0.05, 0) is 18.3 Å². The fourth-order valence-electron chi connectivity index (χ4n) is 1.40. The summed E-state index contributed by atoms with van der Waals surface area (Å²) in [6.07, 6.45) is 12.1. The number of halogens is 1. The average Bonchev–Trinajstić information content (AvgIpc) is 2.01. The third-order valence-corrected chi connectivity index (χ3v) is 3.01. The summed E-state index contributed by atoms with van der Waals surface area (Å²) in [5, 5.41) is 0.103. The van der Waals surface area contributed by atoms with Crippen molar-refractivity contribution in [1.82, 2.24) is 0 Å². The van der Waals surface area contributed by atoms with Crippen molar-refractivity contribution < 1.29 is 0 Å². The molecule has 1 aliphatic rings. The van der Waals surface area contributed by atoms with E-state index in [4.69, 9.17) is 11.6 Å². The van der Waals surface area contributed by atoms with Gasteiger partial charge in [0.15, 0.2) is 0 Å². The molecule has 0 bridgehead atoms. The highest BCUT2D eigenvalue weighted by Crippen LogP contribution is 2.32. The zero-order chi connectivity index (χ0) is 9.03. The Kier molecular flexibility index (Phi) is 3.39. The molecule has 0 heterocycles. The van der Waals surface area contributed by atoms with Crippen LogP contribution in [0.4, 0.5) is 0 Å². The summed E-state index contributed by atoms with van der Waals surface area (Å²) in [5.74, 6) is 0. The van der Waals surface area contributed by atoms with Gasteiger partial charge in [0.1, 0.15) is 0 Å². The highest BCUT2D eigenvalue weighted by atomic mass is 35.5. The minimum absolute atomic E-state index is 0.103. The highest BCUT2D eigenvalue weighted by molar-refractivity contribution is 6.23. The van der Waals surface area contributed by atoms with E-state index in [2.05, 4.69) is 38.2 Å². The van der Waals surface area contributed by atoms with Crippen molar-refractivity contribution in [2.24, 2.45) is 5.41 Å². The molecule has 1 heteroatoms. The van der Waals surface area contributed by atoms with Crippen molar-refractivity contribution >= 4 is 11.6 Å². The molecule has 0 fully saturated rings. The summed E-state index contributed by atoms with van der Waals surface area (Å²) in [6, 6.07) is 0. The molecule has 68 valence electrons. The lowest BCUT2D eigenvalue weighted by atomic mass is 9.80. The van der Waals surface area contributed by atoms with Crippen LogP contribution in [0.2, 0.25) is 0 Å². The van der Waals surface area contributed by atoms with Gasteiger partial charge in [-0.2, -0.15) is 0 Å². The summed E-state index contributed by atoms with van der Waals surface area (Å²) in [6.45, 7) is 4.58. The first-order chi connectivity index (χ1) is 5.66. The van der Waals surface area contributed by atoms with Crippen LogP contribution >= 0.6 is 11.6 Å². The molecule has 0 N–H and O–H groups in total. The Hall–Kier alpha value is -0.230. The number of rotatable bonds is 1. The lowest BCUT2D eigenvalue weighted by Gasteiger charge is -2.26. The fourth-order valence-corrected chi connectivity index (χ4v) is 1.61. The Bertz CT molecular complexity index is 175. The third-order valence-electron chi connectivity index (χ3n) is 2.71. The van der Waals surface area contributed by atoms with Crippen molar-refractivity contribution in [3.05, 3.63) is 24.3 Å². The molecule has 0 atom stereocenters. The molecule has 0 nitrogen and oxygen atoms in total. The van der Waals surface area contributed by atoms with Gasteiger partial charge in [0.05, 0.1) is 5.38 Å². The van der Waals surface area contributed by atoms with E-state index in [0.717, 1.165) is 12.8 Å². The summed E-state index contributed by atoms with van der Waals surface area (Å²) < 4.78 is 0. The summed E-state index contributed by atoms with van der Waals surface area (Å²) >= 11 is 5.96. The Morgan fingerprint density at radius 3 is 2.25 bits per heavy atom. The van der Waals surface area contributed by atoms with Crippen molar-refractivity contribution in [2.75, 3.05) is 0 Å². The van der Waals surface area contributed by atoms with E-state index in [1.54, 1.807) is 0 Å². The molecule has 0 aliphatic heterocycles. The topological polar surface area (TPSA) is 0 Å². The molecule has 0 radical (unpaired) electrons. The predicted octanol–water partition coefficient (Wildman–Crippen LogP) is 3.92. The van der Waals surface area contributed by atoms with E-state index in [1.807, 2.05) is 0 Å². The third kappa shape index (κ3) is 2.67. The standard InChI is InChI=1S/C11H17Cl/c1-3-11(2)8-4-6-10(12)7-5-9-11/h4-7,10H,3,8-9H2,1-2H3/b6-4-,7-5-. The minimum atomic E-state index is 0.103. The molecule has 0 aromatic heterocycles. The molecule has 1 aliphatic carbocycles. The highest BCUT2D eigenvalue weighted by Gasteiger charge is 2.19. The van der Waals surface area contributed by atoms with Gasteiger partial charge < -0.3 is 0 Å². The maximum Gasteiger partial charge on any atom is 0.0696 e. The zero-order valence-corrected chi connectivity index (χ0v) is 8.64. The van der Waals surface area contributed by atoms with Crippen LogP contribution in [-0.4, -0.2) is 5.38 Å². The molecule has 1 rings (SSSR count). The SMILES string of the molecule is CCC1(C)C/C=C\C(Cl)/C=C\C1. The van der Waals surface area contributed by atoms with E-state index in [9.17, 15) is 0 Å². The van der Waals surface area contributed by atoms with E-state index in [-0.39, 0.29) is 5.38 Å². The van der Waals surface area contributed by atoms with Gasteiger partial charge in [-0.25, -0.2) is 0 Å². The van der Waals surface area contributed by atoms with Crippen LogP contribution in [0.25, 0.3) is 0 Å². The Balaban J connectivity index is 2.64. The first kappa shape index (κ1) is 9.85. The molecule has 0 aromatic carbocycles. The maximum absolute atomic E-state index is 5.96. The monoisotopic (exact) mass is 184 g/mol. The lowest BCUT2D eigenvalue weighted by molar-refractivity contribution is 0.318. The summed E-state index contributed by atoms with van der Waals surface area (Å²) in [7, 11) is 0. The van der Waals surface area contributed by atoms with Gasteiger partial charge in [0.2, 0.25) is 0 Å². The molecule has 0 spiro atoms. The first-order valence-electron chi connectivity index (χ1n) is 4.64. The van der Waals surface area contributed by atoms with Gasteiger partial charge in [-0.15, -0.1) is 11.6 Å². The number of hydrogen-bond donors (Lipinski definition) is 0. The second-order valence-electron chi connectivity index (χ2n) is 3.87. The second kappa shape index (κ2) is 4.13. The second-order valence-corrected chi connectivity index (χ2v) is 4.38. The van der Waals surface area contributed by atoms with E-state index in [0.29, 0.717) is 5.41 Å². The number of hydrogen-bond acceptors (Lipinski definition) is 0. The normalized spacial score (nSPS) is 41.4. The van der Waals surface area contributed by atoms with E-state index < -0.39 is 0 Å². The molecule has 0 amide bonds. The predicted molar refractivity (Wildman–Crippen MR) is 55.6 cm³/mol. The molecular weight excluding hydrogens is 168 g/mol. The lowest BCUT2D eigenvalue weighted by Crippen LogP contribution is -2.14. The quantitative estimate of drug-likeness (QED) is 0.428. The molecule has 12 heavy (non-hydrogen) atoms. The first-order valence-corrected chi connectivity index (χ1v) is 5.07. The largest absolute Gasteiger partial charge is 0.114 e. The molecule has 0 saturated heterocycles. The van der Waals surface area contributed by atoms with Crippen molar-refractivity contribution in [3.8, 4) is 0 Å². The van der Waals surface area contributed by atoms with Crippen molar-refractivity contribution in [2.45, 2.75) is 38.5 Å². The van der Waals surface area contributed by atoms with Crippen LogP contribution in [0.15, 0.2) is 24.3 Å².